The van der Waals surface area contributed by atoms with Gasteiger partial charge in [-0.1, -0.05) is 13.0 Å². The van der Waals surface area contributed by atoms with Crippen molar-refractivity contribution in [2.75, 3.05) is 12.3 Å². The van der Waals surface area contributed by atoms with Crippen LogP contribution in [-0.2, 0) is 23.0 Å². The van der Waals surface area contributed by atoms with E-state index in [0.717, 1.165) is 30.6 Å². The lowest BCUT2D eigenvalue weighted by Gasteiger charge is -2.09. The lowest BCUT2D eigenvalue weighted by Crippen LogP contribution is -2.27. The predicted octanol–water partition coefficient (Wildman–Crippen LogP) is 1.60. The summed E-state index contributed by atoms with van der Waals surface area (Å²) in [5.41, 5.74) is 1.91. The zero-order valence-electron chi connectivity index (χ0n) is 12.6. The fourth-order valence-electron chi connectivity index (χ4n) is 2.21. The van der Waals surface area contributed by atoms with Crippen LogP contribution in [0.15, 0.2) is 18.3 Å². The Morgan fingerprint density at radius 3 is 2.86 bits per heavy atom. The van der Waals surface area contributed by atoms with Gasteiger partial charge in [0.2, 0.25) is 10.0 Å². The van der Waals surface area contributed by atoms with E-state index >= 15 is 0 Å². The van der Waals surface area contributed by atoms with Crippen LogP contribution in [0.1, 0.15) is 43.9 Å². The number of pyridine rings is 1. The number of hydrogen-bond acceptors (Lipinski definition) is 4. The van der Waals surface area contributed by atoms with E-state index in [1.54, 1.807) is 6.20 Å². The van der Waals surface area contributed by atoms with Gasteiger partial charge in [-0.15, -0.1) is 0 Å². The second-order valence-electron chi connectivity index (χ2n) is 5.54. The zero-order chi connectivity index (χ0) is 15.1. The van der Waals surface area contributed by atoms with Crippen molar-refractivity contribution in [1.29, 1.82) is 0 Å². The van der Waals surface area contributed by atoms with Crippen molar-refractivity contribution < 1.29 is 8.42 Å². The van der Waals surface area contributed by atoms with Crippen LogP contribution in [0.25, 0.3) is 0 Å². The Kier molecular flexibility index (Phi) is 6.14. The van der Waals surface area contributed by atoms with Gasteiger partial charge < -0.3 is 5.32 Å². The highest BCUT2D eigenvalue weighted by Gasteiger charge is 2.19. The van der Waals surface area contributed by atoms with E-state index in [0.29, 0.717) is 12.5 Å². The van der Waals surface area contributed by atoms with E-state index in [-0.39, 0.29) is 12.3 Å². The Hall–Kier alpha value is -0.980. The first-order valence-electron chi connectivity index (χ1n) is 7.74. The molecule has 0 aromatic carbocycles. The molecular formula is C15H25N3O2S. The van der Waals surface area contributed by atoms with E-state index in [4.69, 9.17) is 0 Å². The third-order valence-corrected chi connectivity index (χ3v) is 5.09. The fourth-order valence-corrected chi connectivity index (χ4v) is 3.30. The SMILES string of the molecule is CCc1cccnc1CNS(=O)(=O)CCCCNC1CC1. The van der Waals surface area contributed by atoms with Gasteiger partial charge in [0.25, 0.3) is 0 Å². The van der Waals surface area contributed by atoms with Gasteiger partial charge >= 0.3 is 0 Å². The predicted molar refractivity (Wildman–Crippen MR) is 84.5 cm³/mol. The molecule has 0 spiro atoms. The van der Waals surface area contributed by atoms with Crippen molar-refractivity contribution in [3.05, 3.63) is 29.6 Å². The molecule has 0 amide bonds. The molecule has 1 aliphatic rings. The van der Waals surface area contributed by atoms with Crippen LogP contribution in [0.2, 0.25) is 0 Å². The fraction of sp³-hybridized carbons (Fsp3) is 0.667. The molecule has 0 saturated heterocycles. The Bertz CT molecular complexity index is 542. The summed E-state index contributed by atoms with van der Waals surface area (Å²) in [5.74, 6) is 0.188. The molecule has 21 heavy (non-hydrogen) atoms. The standard InChI is InChI=1S/C15H25N3O2S/c1-2-13-6-5-10-17-15(13)12-18-21(19,20)11-4-3-9-16-14-7-8-14/h5-6,10,14,16,18H,2-4,7-9,11-12H2,1H3. The number of aryl methyl sites for hydroxylation is 1. The maximum atomic E-state index is 12.0. The lowest BCUT2D eigenvalue weighted by atomic mass is 10.1. The maximum Gasteiger partial charge on any atom is 0.211 e. The summed E-state index contributed by atoms with van der Waals surface area (Å²) in [6, 6.07) is 4.56. The highest BCUT2D eigenvalue weighted by Crippen LogP contribution is 2.18. The minimum Gasteiger partial charge on any atom is -0.314 e. The minimum absolute atomic E-state index is 0.188. The second kappa shape index (κ2) is 7.87. The zero-order valence-corrected chi connectivity index (χ0v) is 13.5. The molecule has 1 heterocycles. The molecule has 1 saturated carbocycles. The first-order chi connectivity index (χ1) is 10.1. The quantitative estimate of drug-likeness (QED) is 0.644. The molecule has 2 rings (SSSR count). The average molecular weight is 311 g/mol. The van der Waals surface area contributed by atoms with Crippen LogP contribution < -0.4 is 10.0 Å². The Labute approximate surface area is 127 Å². The molecule has 2 N–H and O–H groups in total. The molecule has 0 atom stereocenters. The number of unbranched alkanes of at least 4 members (excludes halogenated alkanes) is 1. The molecule has 0 unspecified atom stereocenters. The molecule has 6 heteroatoms. The lowest BCUT2D eigenvalue weighted by molar-refractivity contribution is 0.571. The van der Waals surface area contributed by atoms with Gasteiger partial charge in [-0.25, -0.2) is 13.1 Å². The number of nitrogens with one attached hydrogen (secondary N) is 2. The molecule has 118 valence electrons. The van der Waals surface area contributed by atoms with E-state index < -0.39 is 10.0 Å². The summed E-state index contributed by atoms with van der Waals surface area (Å²) in [4.78, 5) is 4.25. The summed E-state index contributed by atoms with van der Waals surface area (Å²) in [6.45, 7) is 3.25. The van der Waals surface area contributed by atoms with Gasteiger partial charge in [0.1, 0.15) is 0 Å². The van der Waals surface area contributed by atoms with Crippen LogP contribution >= 0.6 is 0 Å². The highest BCUT2D eigenvalue weighted by molar-refractivity contribution is 7.89. The third-order valence-electron chi connectivity index (χ3n) is 3.68. The molecular weight excluding hydrogens is 286 g/mol. The largest absolute Gasteiger partial charge is 0.314 e. The van der Waals surface area contributed by atoms with Crippen molar-refractivity contribution in [3.63, 3.8) is 0 Å². The molecule has 1 aromatic heterocycles. The minimum atomic E-state index is -3.21. The number of rotatable bonds is 10. The van der Waals surface area contributed by atoms with E-state index in [2.05, 4.69) is 15.0 Å². The molecule has 0 bridgehead atoms. The van der Waals surface area contributed by atoms with E-state index in [1.165, 1.54) is 12.8 Å². The summed E-state index contributed by atoms with van der Waals surface area (Å²) in [7, 11) is -3.21. The van der Waals surface area contributed by atoms with Gasteiger partial charge in [-0.05, 0) is 50.3 Å². The van der Waals surface area contributed by atoms with Gasteiger partial charge in [-0.2, -0.15) is 0 Å². The average Bonchev–Trinajstić information content (AvgIpc) is 3.29. The first-order valence-corrected chi connectivity index (χ1v) is 9.39. The summed E-state index contributed by atoms with van der Waals surface area (Å²) in [6.07, 6.45) is 6.69. The molecule has 1 aromatic rings. The van der Waals surface area contributed by atoms with Crippen LogP contribution in [0.4, 0.5) is 0 Å². The number of hydrogen-bond donors (Lipinski definition) is 2. The Morgan fingerprint density at radius 1 is 1.33 bits per heavy atom. The number of nitrogens with zero attached hydrogens (tertiary/aromatic N) is 1. The van der Waals surface area contributed by atoms with Crippen molar-refractivity contribution in [2.45, 2.75) is 51.6 Å². The van der Waals surface area contributed by atoms with Gasteiger partial charge in [-0.3, -0.25) is 4.98 Å². The van der Waals surface area contributed by atoms with Crippen molar-refractivity contribution in [3.8, 4) is 0 Å². The first kappa shape index (κ1) is 16.4. The summed E-state index contributed by atoms with van der Waals surface area (Å²) in [5, 5.41) is 3.39. The maximum absolute atomic E-state index is 12.0. The van der Waals surface area contributed by atoms with Crippen molar-refractivity contribution in [2.24, 2.45) is 0 Å². The van der Waals surface area contributed by atoms with Crippen LogP contribution in [-0.4, -0.2) is 31.7 Å². The second-order valence-corrected chi connectivity index (χ2v) is 7.46. The highest BCUT2D eigenvalue weighted by atomic mass is 32.2. The monoisotopic (exact) mass is 311 g/mol. The van der Waals surface area contributed by atoms with Gasteiger partial charge in [0.15, 0.2) is 0 Å². The number of sulfonamides is 1. The van der Waals surface area contributed by atoms with Crippen LogP contribution in [0, 0.1) is 0 Å². The Morgan fingerprint density at radius 2 is 2.14 bits per heavy atom. The van der Waals surface area contributed by atoms with E-state index in [9.17, 15) is 8.42 Å². The number of aromatic nitrogens is 1. The van der Waals surface area contributed by atoms with Gasteiger partial charge in [0.05, 0.1) is 18.0 Å². The smallest absolute Gasteiger partial charge is 0.211 e. The summed E-state index contributed by atoms with van der Waals surface area (Å²) >= 11 is 0. The summed E-state index contributed by atoms with van der Waals surface area (Å²) < 4.78 is 26.6. The molecule has 0 aliphatic heterocycles. The Balaban J connectivity index is 1.69. The topological polar surface area (TPSA) is 71.1 Å². The van der Waals surface area contributed by atoms with Crippen molar-refractivity contribution >= 4 is 10.0 Å². The van der Waals surface area contributed by atoms with Gasteiger partial charge in [0, 0.05) is 12.2 Å². The van der Waals surface area contributed by atoms with E-state index in [1.807, 2.05) is 19.1 Å². The van der Waals surface area contributed by atoms with Crippen molar-refractivity contribution in [1.82, 2.24) is 15.0 Å². The normalized spacial score (nSPS) is 15.3. The molecule has 1 aliphatic carbocycles. The molecule has 1 fully saturated rings. The van der Waals surface area contributed by atoms with Crippen LogP contribution in [0.3, 0.4) is 0 Å². The molecule has 0 radical (unpaired) electrons. The third kappa shape index (κ3) is 6.11. The molecule has 5 nitrogen and oxygen atoms in total. The van der Waals surface area contributed by atoms with Crippen LogP contribution in [0.5, 0.6) is 0 Å².